The molecular formula is C14H19N3. The van der Waals surface area contributed by atoms with Crippen molar-refractivity contribution in [2.75, 3.05) is 20.6 Å². The topological polar surface area (TPSA) is 42.1 Å². The summed E-state index contributed by atoms with van der Waals surface area (Å²) in [7, 11) is 4.12. The van der Waals surface area contributed by atoms with Crippen LogP contribution in [0.25, 0.3) is 10.9 Å². The average molecular weight is 229 g/mol. The van der Waals surface area contributed by atoms with Crippen molar-refractivity contribution in [3.63, 3.8) is 0 Å². The number of para-hydroxylation sites is 1. The molecule has 3 nitrogen and oxygen atoms in total. The first-order valence-corrected chi connectivity index (χ1v) is 5.92. The van der Waals surface area contributed by atoms with Gasteiger partial charge in [-0.2, -0.15) is 0 Å². The Balaban J connectivity index is 2.18. The fraction of sp³-hybridized carbons (Fsp3) is 0.357. The Morgan fingerprint density at radius 2 is 2.06 bits per heavy atom. The second-order valence-electron chi connectivity index (χ2n) is 4.66. The van der Waals surface area contributed by atoms with E-state index >= 15 is 0 Å². The summed E-state index contributed by atoms with van der Waals surface area (Å²) < 4.78 is 0. The first-order chi connectivity index (χ1) is 8.16. The fourth-order valence-electron chi connectivity index (χ4n) is 1.85. The van der Waals surface area contributed by atoms with Crippen LogP contribution >= 0.6 is 0 Å². The molecule has 0 saturated carbocycles. The van der Waals surface area contributed by atoms with E-state index in [1.165, 1.54) is 0 Å². The Hall–Kier alpha value is -1.45. The molecule has 1 aromatic carbocycles. The summed E-state index contributed by atoms with van der Waals surface area (Å²) in [4.78, 5) is 6.58. The normalized spacial score (nSPS) is 13.2. The van der Waals surface area contributed by atoms with Crippen LogP contribution in [0.5, 0.6) is 0 Å². The zero-order valence-electron chi connectivity index (χ0n) is 10.4. The predicted molar refractivity (Wildman–Crippen MR) is 71.8 cm³/mol. The van der Waals surface area contributed by atoms with Gasteiger partial charge in [-0.25, -0.2) is 0 Å². The molecule has 17 heavy (non-hydrogen) atoms. The Morgan fingerprint density at radius 1 is 1.29 bits per heavy atom. The van der Waals surface area contributed by atoms with Crippen LogP contribution in [0.4, 0.5) is 0 Å². The third kappa shape index (κ3) is 3.02. The maximum absolute atomic E-state index is 6.17. The van der Waals surface area contributed by atoms with E-state index in [1.807, 2.05) is 24.4 Å². The summed E-state index contributed by atoms with van der Waals surface area (Å²) in [6.45, 7) is 0.994. The zero-order valence-corrected chi connectivity index (χ0v) is 10.4. The number of fused-ring (bicyclic) bond motifs is 1. The van der Waals surface area contributed by atoms with E-state index in [2.05, 4.69) is 36.1 Å². The monoisotopic (exact) mass is 229 g/mol. The molecule has 3 heteroatoms. The lowest BCUT2D eigenvalue weighted by Gasteiger charge is -2.15. The van der Waals surface area contributed by atoms with Gasteiger partial charge in [0, 0.05) is 17.6 Å². The van der Waals surface area contributed by atoms with Gasteiger partial charge in [0.25, 0.3) is 0 Å². The first kappa shape index (κ1) is 12.0. The second-order valence-corrected chi connectivity index (χ2v) is 4.66. The zero-order chi connectivity index (χ0) is 12.3. The summed E-state index contributed by atoms with van der Waals surface area (Å²) >= 11 is 0. The van der Waals surface area contributed by atoms with E-state index < -0.39 is 0 Å². The smallest absolute Gasteiger partial charge is 0.0702 e. The van der Waals surface area contributed by atoms with Gasteiger partial charge < -0.3 is 10.6 Å². The van der Waals surface area contributed by atoms with Crippen molar-refractivity contribution in [1.29, 1.82) is 0 Å². The van der Waals surface area contributed by atoms with Crippen LogP contribution < -0.4 is 5.73 Å². The van der Waals surface area contributed by atoms with Gasteiger partial charge in [-0.1, -0.05) is 18.2 Å². The van der Waals surface area contributed by atoms with Crippen LogP contribution in [-0.4, -0.2) is 30.5 Å². The quantitative estimate of drug-likeness (QED) is 0.873. The van der Waals surface area contributed by atoms with Crippen molar-refractivity contribution in [3.05, 3.63) is 42.1 Å². The molecule has 1 aromatic heterocycles. The lowest BCUT2D eigenvalue weighted by Crippen LogP contribution is -2.20. The molecule has 2 rings (SSSR count). The molecule has 0 radical (unpaired) electrons. The minimum atomic E-state index is 0.0644. The van der Waals surface area contributed by atoms with Crippen LogP contribution in [0.1, 0.15) is 18.0 Å². The standard InChI is InChI=1S/C14H19N3/c1-17(2)8-7-13(15)12-9-11-5-3-4-6-14(11)16-10-12/h3-6,9-10,13H,7-8,15H2,1-2H3. The summed E-state index contributed by atoms with van der Waals surface area (Å²) in [5.41, 5.74) is 8.31. The van der Waals surface area contributed by atoms with E-state index in [1.54, 1.807) is 0 Å². The van der Waals surface area contributed by atoms with Gasteiger partial charge in [0.05, 0.1) is 5.52 Å². The molecule has 0 spiro atoms. The van der Waals surface area contributed by atoms with Gasteiger partial charge in [-0.05, 0) is 44.8 Å². The third-order valence-corrected chi connectivity index (χ3v) is 2.93. The number of benzene rings is 1. The van der Waals surface area contributed by atoms with E-state index in [0.29, 0.717) is 0 Å². The lowest BCUT2D eigenvalue weighted by molar-refractivity contribution is 0.382. The molecule has 0 aliphatic carbocycles. The molecular weight excluding hydrogens is 210 g/mol. The minimum absolute atomic E-state index is 0.0644. The molecule has 0 bridgehead atoms. The number of hydrogen-bond donors (Lipinski definition) is 1. The average Bonchev–Trinajstić information content (AvgIpc) is 2.35. The van der Waals surface area contributed by atoms with E-state index in [4.69, 9.17) is 5.73 Å². The molecule has 0 saturated heterocycles. The Kier molecular flexibility index (Phi) is 3.71. The van der Waals surface area contributed by atoms with Crippen molar-refractivity contribution >= 4 is 10.9 Å². The molecule has 1 heterocycles. The number of rotatable bonds is 4. The maximum atomic E-state index is 6.17. The van der Waals surface area contributed by atoms with Crippen LogP contribution in [0.2, 0.25) is 0 Å². The van der Waals surface area contributed by atoms with Crippen LogP contribution in [-0.2, 0) is 0 Å². The predicted octanol–water partition coefficient (Wildman–Crippen LogP) is 2.19. The Bertz CT molecular complexity index is 494. The van der Waals surface area contributed by atoms with E-state index in [0.717, 1.165) is 29.4 Å². The Labute approximate surface area is 102 Å². The summed E-state index contributed by atoms with van der Waals surface area (Å²) in [5.74, 6) is 0. The van der Waals surface area contributed by atoms with Crippen LogP contribution in [0.3, 0.4) is 0 Å². The molecule has 2 aromatic rings. The molecule has 2 N–H and O–H groups in total. The van der Waals surface area contributed by atoms with Crippen molar-refractivity contribution in [3.8, 4) is 0 Å². The highest BCUT2D eigenvalue weighted by molar-refractivity contribution is 5.78. The van der Waals surface area contributed by atoms with Crippen LogP contribution in [0, 0.1) is 0 Å². The van der Waals surface area contributed by atoms with Crippen LogP contribution in [0.15, 0.2) is 36.5 Å². The van der Waals surface area contributed by atoms with Gasteiger partial charge in [-0.3, -0.25) is 4.98 Å². The number of hydrogen-bond acceptors (Lipinski definition) is 3. The maximum Gasteiger partial charge on any atom is 0.0702 e. The largest absolute Gasteiger partial charge is 0.324 e. The van der Waals surface area contributed by atoms with Crippen molar-refractivity contribution < 1.29 is 0 Å². The number of nitrogens with two attached hydrogens (primary N) is 1. The highest BCUT2D eigenvalue weighted by Crippen LogP contribution is 2.18. The summed E-state index contributed by atoms with van der Waals surface area (Å²) in [6.07, 6.45) is 2.84. The van der Waals surface area contributed by atoms with Gasteiger partial charge >= 0.3 is 0 Å². The van der Waals surface area contributed by atoms with E-state index in [9.17, 15) is 0 Å². The van der Waals surface area contributed by atoms with E-state index in [-0.39, 0.29) is 6.04 Å². The van der Waals surface area contributed by atoms with Gasteiger partial charge in [0.1, 0.15) is 0 Å². The molecule has 0 aliphatic rings. The lowest BCUT2D eigenvalue weighted by atomic mass is 10.0. The van der Waals surface area contributed by atoms with Gasteiger partial charge in [0.2, 0.25) is 0 Å². The third-order valence-electron chi connectivity index (χ3n) is 2.93. The summed E-state index contributed by atoms with van der Waals surface area (Å²) in [6, 6.07) is 10.3. The van der Waals surface area contributed by atoms with Crippen molar-refractivity contribution in [1.82, 2.24) is 9.88 Å². The molecule has 90 valence electrons. The number of nitrogens with zero attached hydrogens (tertiary/aromatic N) is 2. The first-order valence-electron chi connectivity index (χ1n) is 5.92. The van der Waals surface area contributed by atoms with Crippen molar-refractivity contribution in [2.45, 2.75) is 12.5 Å². The minimum Gasteiger partial charge on any atom is -0.324 e. The number of aromatic nitrogens is 1. The molecule has 0 amide bonds. The van der Waals surface area contributed by atoms with Crippen molar-refractivity contribution in [2.24, 2.45) is 5.73 Å². The Morgan fingerprint density at radius 3 is 2.82 bits per heavy atom. The highest BCUT2D eigenvalue weighted by Gasteiger charge is 2.07. The molecule has 0 aliphatic heterocycles. The van der Waals surface area contributed by atoms with Gasteiger partial charge in [-0.15, -0.1) is 0 Å². The highest BCUT2D eigenvalue weighted by atomic mass is 15.0. The van der Waals surface area contributed by atoms with Gasteiger partial charge in [0.15, 0.2) is 0 Å². The fourth-order valence-corrected chi connectivity index (χ4v) is 1.85. The SMILES string of the molecule is CN(C)CCC(N)c1cnc2ccccc2c1. The number of pyridine rings is 1. The summed E-state index contributed by atoms with van der Waals surface area (Å²) in [5, 5.41) is 1.16. The molecule has 1 unspecified atom stereocenters. The molecule has 1 atom stereocenters. The second kappa shape index (κ2) is 5.25. The molecule has 0 fully saturated rings.